The van der Waals surface area contributed by atoms with Crippen LogP contribution in [0.4, 0.5) is 13.2 Å². The third kappa shape index (κ3) is 4.39. The molecule has 0 atom stereocenters. The molecular formula is C15H18F3N. The lowest BCUT2D eigenvalue weighted by Crippen LogP contribution is -2.29. The molecule has 2 rings (SSSR count). The quantitative estimate of drug-likeness (QED) is 0.794. The van der Waals surface area contributed by atoms with Crippen LogP contribution in [-0.4, -0.2) is 24.5 Å². The first-order valence-corrected chi connectivity index (χ1v) is 6.62. The van der Waals surface area contributed by atoms with E-state index in [0.29, 0.717) is 0 Å². The first-order valence-electron chi connectivity index (χ1n) is 6.62. The average molecular weight is 269 g/mol. The second-order valence-corrected chi connectivity index (χ2v) is 4.88. The van der Waals surface area contributed by atoms with E-state index in [1.807, 2.05) is 12.2 Å². The van der Waals surface area contributed by atoms with E-state index in [-0.39, 0.29) is 0 Å². The van der Waals surface area contributed by atoms with E-state index in [0.717, 1.165) is 37.3 Å². The lowest BCUT2D eigenvalue weighted by atomic mass is 10.1. The fourth-order valence-corrected chi connectivity index (χ4v) is 2.26. The van der Waals surface area contributed by atoms with E-state index in [1.54, 1.807) is 0 Å². The van der Waals surface area contributed by atoms with Crippen LogP contribution in [0.15, 0.2) is 30.3 Å². The Labute approximate surface area is 111 Å². The van der Waals surface area contributed by atoms with Gasteiger partial charge >= 0.3 is 6.18 Å². The fraction of sp³-hybridized carbons (Fsp3) is 0.467. The van der Waals surface area contributed by atoms with Crippen LogP contribution in [0.3, 0.4) is 0 Å². The zero-order valence-electron chi connectivity index (χ0n) is 10.8. The average Bonchev–Trinajstić information content (AvgIpc) is 2.39. The fourth-order valence-electron chi connectivity index (χ4n) is 2.26. The molecule has 104 valence electrons. The predicted molar refractivity (Wildman–Crippen MR) is 70.8 cm³/mol. The van der Waals surface area contributed by atoms with Crippen LogP contribution in [0.1, 0.15) is 30.4 Å². The van der Waals surface area contributed by atoms with Crippen LogP contribution in [0.2, 0.25) is 0 Å². The maximum absolute atomic E-state index is 12.4. The molecule has 1 aromatic carbocycles. The summed E-state index contributed by atoms with van der Waals surface area (Å²) >= 11 is 0. The van der Waals surface area contributed by atoms with E-state index in [4.69, 9.17) is 0 Å². The topological polar surface area (TPSA) is 3.24 Å². The van der Waals surface area contributed by atoms with Gasteiger partial charge in [0.25, 0.3) is 0 Å². The molecule has 0 aromatic heterocycles. The number of piperidine rings is 1. The first-order chi connectivity index (χ1) is 9.05. The van der Waals surface area contributed by atoms with Gasteiger partial charge in [0.05, 0.1) is 5.56 Å². The van der Waals surface area contributed by atoms with Gasteiger partial charge in [0.15, 0.2) is 0 Å². The molecule has 1 saturated heterocycles. The molecule has 1 aliphatic heterocycles. The normalized spacial score (nSPS) is 18.1. The summed E-state index contributed by atoms with van der Waals surface area (Å²) < 4.78 is 37.2. The Morgan fingerprint density at radius 1 is 1.00 bits per heavy atom. The number of rotatable bonds is 3. The van der Waals surface area contributed by atoms with Crippen LogP contribution in [0.25, 0.3) is 6.08 Å². The molecule has 0 N–H and O–H groups in total. The maximum atomic E-state index is 12.4. The summed E-state index contributed by atoms with van der Waals surface area (Å²) in [7, 11) is 0. The number of alkyl halides is 3. The minimum absolute atomic E-state index is 0.597. The van der Waals surface area contributed by atoms with Gasteiger partial charge < -0.3 is 0 Å². The van der Waals surface area contributed by atoms with Crippen molar-refractivity contribution >= 4 is 6.08 Å². The molecule has 0 unspecified atom stereocenters. The number of nitrogens with zero attached hydrogens (tertiary/aromatic N) is 1. The van der Waals surface area contributed by atoms with Crippen LogP contribution < -0.4 is 0 Å². The highest BCUT2D eigenvalue weighted by Gasteiger charge is 2.29. The van der Waals surface area contributed by atoms with Crippen molar-refractivity contribution in [2.24, 2.45) is 0 Å². The Morgan fingerprint density at radius 3 is 2.21 bits per heavy atom. The van der Waals surface area contributed by atoms with E-state index < -0.39 is 11.7 Å². The number of benzene rings is 1. The van der Waals surface area contributed by atoms with Gasteiger partial charge in [0.2, 0.25) is 0 Å². The Hall–Kier alpha value is -1.29. The van der Waals surface area contributed by atoms with Gasteiger partial charge in [-0.05, 0) is 43.6 Å². The second-order valence-electron chi connectivity index (χ2n) is 4.88. The molecule has 1 nitrogen and oxygen atoms in total. The lowest BCUT2D eigenvalue weighted by molar-refractivity contribution is -0.137. The van der Waals surface area contributed by atoms with Gasteiger partial charge in [-0.15, -0.1) is 0 Å². The summed E-state index contributed by atoms with van der Waals surface area (Å²) in [4.78, 5) is 2.37. The standard InChI is InChI=1S/C15H18F3N/c16-15(17,18)14-8-6-13(7-9-14)5-4-12-19-10-2-1-3-11-19/h4-9H,1-3,10-12H2. The van der Waals surface area contributed by atoms with Crippen molar-refractivity contribution in [3.8, 4) is 0 Å². The number of hydrogen-bond donors (Lipinski definition) is 0. The van der Waals surface area contributed by atoms with Crippen LogP contribution in [0.5, 0.6) is 0 Å². The molecule has 1 heterocycles. The number of hydrogen-bond acceptors (Lipinski definition) is 1. The first kappa shape index (κ1) is 14.1. The summed E-state index contributed by atoms with van der Waals surface area (Å²) in [5, 5.41) is 0. The van der Waals surface area contributed by atoms with Crippen molar-refractivity contribution in [3.63, 3.8) is 0 Å². The summed E-state index contributed by atoms with van der Waals surface area (Å²) in [6.07, 6.45) is 3.44. The molecule has 19 heavy (non-hydrogen) atoms. The lowest BCUT2D eigenvalue weighted by Gasteiger charge is -2.24. The smallest absolute Gasteiger partial charge is 0.300 e. The largest absolute Gasteiger partial charge is 0.416 e. The van der Waals surface area contributed by atoms with Gasteiger partial charge in [-0.1, -0.05) is 30.7 Å². The third-order valence-corrected chi connectivity index (χ3v) is 3.36. The molecule has 0 radical (unpaired) electrons. The number of likely N-dealkylation sites (tertiary alicyclic amines) is 1. The van der Waals surface area contributed by atoms with Crippen molar-refractivity contribution in [2.75, 3.05) is 19.6 Å². The Balaban J connectivity index is 1.88. The van der Waals surface area contributed by atoms with Gasteiger partial charge in [-0.2, -0.15) is 13.2 Å². The van der Waals surface area contributed by atoms with Crippen molar-refractivity contribution < 1.29 is 13.2 Å². The minimum Gasteiger partial charge on any atom is -0.300 e. The van der Waals surface area contributed by atoms with Crippen molar-refractivity contribution in [1.82, 2.24) is 4.90 Å². The highest BCUT2D eigenvalue weighted by molar-refractivity contribution is 5.50. The van der Waals surface area contributed by atoms with Crippen LogP contribution >= 0.6 is 0 Å². The van der Waals surface area contributed by atoms with Crippen molar-refractivity contribution in [2.45, 2.75) is 25.4 Å². The van der Waals surface area contributed by atoms with Gasteiger partial charge in [-0.25, -0.2) is 0 Å². The van der Waals surface area contributed by atoms with Crippen LogP contribution in [0, 0.1) is 0 Å². The van der Waals surface area contributed by atoms with E-state index in [2.05, 4.69) is 4.90 Å². The molecule has 0 spiro atoms. The highest BCUT2D eigenvalue weighted by Crippen LogP contribution is 2.29. The van der Waals surface area contributed by atoms with E-state index >= 15 is 0 Å². The number of halogens is 3. The molecule has 4 heteroatoms. The zero-order chi connectivity index (χ0) is 13.7. The zero-order valence-corrected chi connectivity index (χ0v) is 10.8. The summed E-state index contributed by atoms with van der Waals surface area (Å²) in [6.45, 7) is 3.12. The van der Waals surface area contributed by atoms with Crippen LogP contribution in [-0.2, 0) is 6.18 Å². The molecule has 1 aromatic rings. The minimum atomic E-state index is -4.25. The van der Waals surface area contributed by atoms with Gasteiger partial charge in [0.1, 0.15) is 0 Å². The Bertz CT molecular complexity index is 414. The highest BCUT2D eigenvalue weighted by atomic mass is 19.4. The van der Waals surface area contributed by atoms with Gasteiger partial charge in [-0.3, -0.25) is 4.90 Å². The molecular weight excluding hydrogens is 251 g/mol. The monoisotopic (exact) mass is 269 g/mol. The molecule has 0 aliphatic carbocycles. The van der Waals surface area contributed by atoms with E-state index in [1.165, 1.54) is 31.4 Å². The molecule has 0 amide bonds. The van der Waals surface area contributed by atoms with Crippen molar-refractivity contribution in [3.05, 3.63) is 41.5 Å². The van der Waals surface area contributed by atoms with E-state index in [9.17, 15) is 13.2 Å². The molecule has 1 fully saturated rings. The molecule has 0 bridgehead atoms. The van der Waals surface area contributed by atoms with Crippen molar-refractivity contribution in [1.29, 1.82) is 0 Å². The maximum Gasteiger partial charge on any atom is 0.416 e. The summed E-state index contributed by atoms with van der Waals surface area (Å²) in [5.41, 5.74) is 0.214. The third-order valence-electron chi connectivity index (χ3n) is 3.36. The Kier molecular flexibility index (Phi) is 4.64. The summed E-state index contributed by atoms with van der Waals surface area (Å²) in [5.74, 6) is 0. The second kappa shape index (κ2) is 6.24. The summed E-state index contributed by atoms with van der Waals surface area (Å²) in [6, 6.07) is 5.27. The molecule has 1 aliphatic rings. The predicted octanol–water partition coefficient (Wildman–Crippen LogP) is 4.20. The Morgan fingerprint density at radius 2 is 1.63 bits per heavy atom. The SMILES string of the molecule is FC(F)(F)c1ccc(C=CCN2CCCCC2)cc1. The molecule has 0 saturated carbocycles. The van der Waals surface area contributed by atoms with Gasteiger partial charge in [0, 0.05) is 6.54 Å².